The van der Waals surface area contributed by atoms with E-state index >= 15 is 0 Å². The molecule has 6 aromatic rings. The molecule has 62 heavy (non-hydrogen) atoms. The van der Waals surface area contributed by atoms with Gasteiger partial charge in [0.05, 0.1) is 39.1 Å². The molecule has 22 nitrogen and oxygen atoms in total. The van der Waals surface area contributed by atoms with E-state index in [9.17, 15) is 18.7 Å². The Kier molecular flexibility index (Phi) is 9.68. The summed E-state index contributed by atoms with van der Waals surface area (Å²) in [4.78, 5) is 52.1. The normalized spacial score (nSPS) is 34.0. The number of carbonyl (C=O) groups is 2. The largest absolute Gasteiger partial charge is 0.386 e. The third-order valence-electron chi connectivity index (χ3n) is 11.2. The van der Waals surface area contributed by atoms with Gasteiger partial charge in [-0.05, 0) is 24.3 Å². The lowest BCUT2D eigenvalue weighted by Crippen LogP contribution is -2.48. The number of amides is 2. The number of ether oxygens (including phenoxy) is 4. The predicted molar refractivity (Wildman–Crippen MR) is 219 cm³/mol. The van der Waals surface area contributed by atoms with Crippen molar-refractivity contribution in [2.45, 2.75) is 48.1 Å². The zero-order chi connectivity index (χ0) is 42.4. The van der Waals surface area contributed by atoms with Crippen molar-refractivity contribution in [3.05, 3.63) is 97.1 Å². The lowest BCUT2D eigenvalue weighted by Gasteiger charge is -2.35. The van der Waals surface area contributed by atoms with Crippen molar-refractivity contribution in [3.63, 3.8) is 0 Å². The Hall–Kier alpha value is -4.68. The van der Waals surface area contributed by atoms with Crippen LogP contribution in [0.2, 0.25) is 0 Å². The first-order chi connectivity index (χ1) is 29.9. The minimum absolute atomic E-state index is 0.145. The molecule has 4 aromatic heterocycles. The number of hydrogen-bond acceptors (Lipinski definition) is 18. The fourth-order valence-corrected chi connectivity index (χ4v) is 11.3. The number of benzene rings is 2. The van der Waals surface area contributed by atoms with Crippen molar-refractivity contribution in [3.8, 4) is 0 Å². The molecule has 26 heteroatoms. The smallest absolute Gasteiger partial charge is 0.367 e. The van der Waals surface area contributed by atoms with Crippen LogP contribution in [0.15, 0.2) is 86.0 Å². The van der Waals surface area contributed by atoms with Gasteiger partial charge in [0.15, 0.2) is 46.4 Å². The molecule has 0 spiro atoms. The van der Waals surface area contributed by atoms with E-state index in [4.69, 9.17) is 37.0 Å². The molecule has 5 fully saturated rings. The Labute approximate surface area is 359 Å². The van der Waals surface area contributed by atoms with Crippen LogP contribution < -0.4 is 10.6 Å². The van der Waals surface area contributed by atoms with E-state index in [1.54, 1.807) is 69.8 Å². The first kappa shape index (κ1) is 40.1. The number of thiol groups is 2. The summed E-state index contributed by atoms with van der Waals surface area (Å²) >= 11 is 8.72. The highest BCUT2D eigenvalue weighted by molar-refractivity contribution is 8.44. The average molecular weight is 923 g/mol. The van der Waals surface area contributed by atoms with E-state index in [1.165, 1.54) is 25.3 Å². The maximum Gasteiger partial charge on any atom is 0.386 e. The van der Waals surface area contributed by atoms with Crippen LogP contribution in [0.4, 0.5) is 11.6 Å². The quantitative estimate of drug-likeness (QED) is 0.133. The average Bonchev–Trinajstić information content (AvgIpc) is 4.13. The van der Waals surface area contributed by atoms with Gasteiger partial charge in [0.2, 0.25) is 0 Å². The molecule has 4 bridgehead atoms. The van der Waals surface area contributed by atoms with Crippen LogP contribution in [0.1, 0.15) is 33.2 Å². The number of carbonyl (C=O) groups excluding carboxylic acids is 2. The van der Waals surface area contributed by atoms with Crippen molar-refractivity contribution >= 4 is 83.9 Å². The Balaban J connectivity index is 0.859. The minimum Gasteiger partial charge on any atom is -0.367 e. The second kappa shape index (κ2) is 15.0. The maximum atomic E-state index is 14.2. The molecule has 1 unspecified atom stereocenters. The van der Waals surface area contributed by atoms with Gasteiger partial charge in [-0.15, -0.1) is 0 Å². The van der Waals surface area contributed by atoms with Gasteiger partial charge in [0.25, 0.3) is 11.8 Å². The number of nitrogens with zero attached hydrogens (tertiary/aromatic N) is 8. The number of aromatic nitrogens is 8. The number of hydrogen-bond donors (Lipinski definition) is 4. The topological polar surface area (TPSA) is 253 Å². The summed E-state index contributed by atoms with van der Waals surface area (Å²) in [5.41, 5.74) is -1.22. The first-order valence-electron chi connectivity index (χ1n) is 18.9. The van der Waals surface area contributed by atoms with Crippen LogP contribution in [0.25, 0.3) is 22.3 Å². The number of rotatable bonds is 6. The van der Waals surface area contributed by atoms with Gasteiger partial charge in [-0.25, -0.2) is 39.0 Å². The van der Waals surface area contributed by atoms with Gasteiger partial charge in [-0.3, -0.25) is 36.8 Å². The second-order valence-corrected chi connectivity index (χ2v) is 20.7. The lowest BCUT2D eigenvalue weighted by molar-refractivity contribution is -0.186. The van der Waals surface area contributed by atoms with Crippen LogP contribution in [-0.4, -0.2) is 113 Å². The standard InChI is InChI=1S/C36H32N10O12P2S2/c47-31(19-7-3-1-4-8-19)43-27-21-29(39-15-37-27)45(17-41-21)33-23-25-35(55-33,11-51-23)13-53-60(50,62)58-26-24-34(56-36(26,12-52-24)14-54-59(49,61)57-25)46-18-42-22-28(38-16-40-30(22)46)44-32(48)20-9-5-2-6-10-20/h1-10,15-18,23-26,33-34H,11-14H2,(H,49,61)(H,50,62)(H,37,39,43,47)(H,38,40,44,48)/t23-,24-,25+,26+,33-,34?,35-,36-,59+,60+/m1/s1. The molecule has 0 aliphatic carbocycles. The molecule has 5 aliphatic rings. The van der Waals surface area contributed by atoms with Gasteiger partial charge in [0.1, 0.15) is 48.3 Å². The lowest BCUT2D eigenvalue weighted by atomic mass is 10.0. The van der Waals surface area contributed by atoms with Crippen molar-refractivity contribution in [2.24, 2.45) is 0 Å². The molecule has 2 amide bonds. The Morgan fingerprint density at radius 3 is 1.45 bits per heavy atom. The Bertz CT molecular complexity index is 2670. The monoisotopic (exact) mass is 922 g/mol. The fraction of sp³-hybridized carbons (Fsp3) is 0.333. The number of imidazole rings is 2. The molecular formula is C36H32N10O12P2S2. The van der Waals surface area contributed by atoms with Crippen LogP contribution in [-0.2, 0) is 46.2 Å². The van der Waals surface area contributed by atoms with Crippen molar-refractivity contribution in [1.82, 2.24) is 39.0 Å². The van der Waals surface area contributed by atoms with Crippen molar-refractivity contribution in [2.75, 3.05) is 37.1 Å². The van der Waals surface area contributed by atoms with E-state index in [-0.39, 0.29) is 47.2 Å². The molecular weight excluding hydrogens is 891 g/mol. The molecule has 5 saturated heterocycles. The highest BCUT2D eigenvalue weighted by atomic mass is 32.7. The maximum absolute atomic E-state index is 14.2. The fourth-order valence-electron chi connectivity index (χ4n) is 8.28. The highest BCUT2D eigenvalue weighted by Gasteiger charge is 2.68. The van der Waals surface area contributed by atoms with Crippen molar-refractivity contribution in [1.29, 1.82) is 0 Å². The number of anilines is 2. The summed E-state index contributed by atoms with van der Waals surface area (Å²) in [5.74, 6) is -0.509. The molecule has 9 heterocycles. The Morgan fingerprint density at radius 1 is 0.613 bits per heavy atom. The second-order valence-electron chi connectivity index (χ2n) is 15.0. The van der Waals surface area contributed by atoms with Crippen LogP contribution in [0.5, 0.6) is 0 Å². The van der Waals surface area contributed by atoms with E-state index < -0.39 is 86.7 Å². The van der Waals surface area contributed by atoms with Gasteiger partial charge in [-0.1, -0.05) is 60.9 Å². The summed E-state index contributed by atoms with van der Waals surface area (Å²) in [5, 5.41) is 5.53. The van der Waals surface area contributed by atoms with Crippen LogP contribution in [0, 0.1) is 0 Å². The molecule has 2 aromatic carbocycles. The summed E-state index contributed by atoms with van der Waals surface area (Å²) < 4.78 is 81.2. The van der Waals surface area contributed by atoms with E-state index in [0.29, 0.717) is 11.1 Å². The Morgan fingerprint density at radius 2 is 1.03 bits per heavy atom. The molecule has 10 atom stereocenters. The zero-order valence-corrected chi connectivity index (χ0v) is 35.2. The molecule has 5 aliphatic heterocycles. The van der Waals surface area contributed by atoms with E-state index in [1.807, 2.05) is 0 Å². The first-order valence-corrected chi connectivity index (χ1v) is 24.3. The third kappa shape index (κ3) is 6.77. The van der Waals surface area contributed by atoms with Gasteiger partial charge in [-0.2, -0.15) is 0 Å². The van der Waals surface area contributed by atoms with E-state index in [0.717, 1.165) is 0 Å². The van der Waals surface area contributed by atoms with Gasteiger partial charge < -0.3 is 29.6 Å². The summed E-state index contributed by atoms with van der Waals surface area (Å²) in [7, 11) is 0. The summed E-state index contributed by atoms with van der Waals surface area (Å²) in [6.45, 7) is -9.87. The molecule has 2 N–H and O–H groups in total. The molecule has 0 saturated carbocycles. The van der Waals surface area contributed by atoms with Crippen molar-refractivity contribution < 1.29 is 55.8 Å². The third-order valence-corrected chi connectivity index (χ3v) is 14.3. The van der Waals surface area contributed by atoms with Gasteiger partial charge in [0, 0.05) is 11.1 Å². The minimum atomic E-state index is -4.31. The molecule has 11 rings (SSSR count). The predicted octanol–water partition coefficient (Wildman–Crippen LogP) is 4.40. The van der Waals surface area contributed by atoms with Gasteiger partial charge >= 0.3 is 13.6 Å². The van der Waals surface area contributed by atoms with Crippen LogP contribution >= 0.6 is 38.1 Å². The summed E-state index contributed by atoms with van der Waals surface area (Å²) in [6, 6.07) is 17.2. The van der Waals surface area contributed by atoms with E-state index in [2.05, 4.69) is 65.0 Å². The number of fused-ring (bicyclic) bond motifs is 2. The zero-order valence-electron chi connectivity index (χ0n) is 31.6. The van der Waals surface area contributed by atoms with Crippen LogP contribution in [0.3, 0.4) is 0 Å². The molecule has 320 valence electrons. The molecule has 0 radical (unpaired) electrons. The summed E-state index contributed by atoms with van der Waals surface area (Å²) in [6.07, 6.45) is -0.951. The SMILES string of the molecule is O=C(Nc1ncnc2c1ncn2C1O[C@@]23CO[C@@H]1[C@@H]2O[P@@](=O)(S)OC[C@@]12CO[C@@H]([C@H](n4cnc5c(NC(=O)c6ccccc6)ncnc54)O1)[C@@H]2O[P@@](=O)(S)OC3)c1ccccc1. The highest BCUT2D eigenvalue weighted by Crippen LogP contribution is 2.65. The number of nitrogens with one attached hydrogen (secondary N) is 2.